The van der Waals surface area contributed by atoms with E-state index in [0.29, 0.717) is 45.6 Å². The largest absolute Gasteiger partial charge is 0.460 e. The molecular weight excluding hydrogens is 444 g/mol. The van der Waals surface area contributed by atoms with E-state index in [4.69, 9.17) is 14.6 Å². The van der Waals surface area contributed by atoms with Crippen LogP contribution >= 0.6 is 0 Å². The number of amides is 1. The van der Waals surface area contributed by atoms with Gasteiger partial charge in [-0.05, 0) is 64.9 Å². The van der Waals surface area contributed by atoms with Crippen molar-refractivity contribution >= 4 is 35.1 Å². The number of hydrogen-bond donors (Lipinski definition) is 3. The lowest BCUT2D eigenvalue weighted by atomic mass is 10.1. The number of hydrogen-bond acceptors (Lipinski definition) is 6. The molecule has 3 N–H and O–H groups in total. The van der Waals surface area contributed by atoms with Crippen LogP contribution in [0, 0.1) is 32.1 Å². The smallest absolute Gasteiger partial charge is 0.255 e. The average molecular weight is 479 g/mol. The molecule has 1 atom stereocenters. The predicted octanol–water partition coefficient (Wildman–Crippen LogP) is 4.89. The van der Waals surface area contributed by atoms with Gasteiger partial charge in [0.1, 0.15) is 17.1 Å². The summed E-state index contributed by atoms with van der Waals surface area (Å²) in [6.45, 7) is 9.18. The number of carbonyl (C=O) groups is 2. The van der Waals surface area contributed by atoms with Crippen molar-refractivity contribution in [2.24, 2.45) is 5.92 Å². The number of aromatic amines is 1. The maximum atomic E-state index is 13.0. The molecule has 8 heteroatoms. The summed E-state index contributed by atoms with van der Waals surface area (Å²) < 4.78 is 12.0. The molecule has 0 aliphatic carbocycles. The van der Waals surface area contributed by atoms with E-state index in [-0.39, 0.29) is 5.91 Å². The van der Waals surface area contributed by atoms with Gasteiger partial charge in [0.05, 0.1) is 16.8 Å². The Morgan fingerprint density at radius 2 is 1.97 bits per heavy atom. The molecule has 1 fully saturated rings. The number of H-pyrrole nitrogens is 1. The lowest BCUT2D eigenvalue weighted by Gasteiger charge is -2.16. The first-order valence-corrected chi connectivity index (χ1v) is 11.7. The SMILES string of the molecule is CNC.Cc1oc2c(C)c(O/C(=C/C=N)c3[nH]cc(C(=O)N4CCC(C)C4)c3C)ccc2c1C=O. The Balaban J connectivity index is 0.00000108. The van der Waals surface area contributed by atoms with Gasteiger partial charge in [-0.1, -0.05) is 6.92 Å². The van der Waals surface area contributed by atoms with Gasteiger partial charge in [0.25, 0.3) is 5.91 Å². The highest BCUT2D eigenvalue weighted by molar-refractivity contribution is 5.99. The summed E-state index contributed by atoms with van der Waals surface area (Å²) in [5, 5.41) is 11.1. The van der Waals surface area contributed by atoms with Crippen LogP contribution in [0.25, 0.3) is 16.7 Å². The second kappa shape index (κ2) is 11.2. The van der Waals surface area contributed by atoms with E-state index in [0.717, 1.165) is 48.5 Å². The number of furan rings is 1. The average Bonchev–Trinajstić information content (AvgIpc) is 3.52. The summed E-state index contributed by atoms with van der Waals surface area (Å²) in [4.78, 5) is 29.4. The van der Waals surface area contributed by atoms with Crippen LogP contribution in [0.4, 0.5) is 0 Å². The number of aromatic nitrogens is 1. The summed E-state index contributed by atoms with van der Waals surface area (Å²) in [5.41, 5.74) is 3.91. The first-order valence-electron chi connectivity index (χ1n) is 11.7. The highest BCUT2D eigenvalue weighted by Gasteiger charge is 2.27. The van der Waals surface area contributed by atoms with Gasteiger partial charge in [-0.2, -0.15) is 0 Å². The minimum absolute atomic E-state index is 0.00797. The zero-order valence-electron chi connectivity index (χ0n) is 21.2. The van der Waals surface area contributed by atoms with E-state index in [1.165, 1.54) is 0 Å². The molecule has 1 aromatic carbocycles. The number of allylic oxidation sites excluding steroid dienone is 1. The van der Waals surface area contributed by atoms with Crippen LogP contribution in [0.2, 0.25) is 0 Å². The summed E-state index contributed by atoms with van der Waals surface area (Å²) in [5.74, 6) is 2.05. The van der Waals surface area contributed by atoms with Crippen LogP contribution in [0.1, 0.15) is 56.6 Å². The fourth-order valence-electron chi connectivity index (χ4n) is 4.30. The van der Waals surface area contributed by atoms with Gasteiger partial charge in [-0.25, -0.2) is 0 Å². The second-order valence-corrected chi connectivity index (χ2v) is 8.90. The van der Waals surface area contributed by atoms with Crippen LogP contribution in [0.5, 0.6) is 5.75 Å². The van der Waals surface area contributed by atoms with E-state index < -0.39 is 0 Å². The van der Waals surface area contributed by atoms with Gasteiger partial charge in [-0.3, -0.25) is 9.59 Å². The third-order valence-corrected chi connectivity index (χ3v) is 6.18. The molecule has 0 saturated carbocycles. The molecule has 1 saturated heterocycles. The van der Waals surface area contributed by atoms with Gasteiger partial charge in [0.15, 0.2) is 12.0 Å². The van der Waals surface area contributed by atoms with E-state index in [9.17, 15) is 9.59 Å². The van der Waals surface area contributed by atoms with Crippen molar-refractivity contribution in [3.05, 3.63) is 58.1 Å². The molecule has 0 bridgehead atoms. The number of benzene rings is 1. The van der Waals surface area contributed by atoms with E-state index in [1.807, 2.05) is 32.8 Å². The molecular formula is C27H34N4O4. The first-order chi connectivity index (χ1) is 16.8. The number of likely N-dealkylation sites (tertiary alicyclic amines) is 1. The lowest BCUT2D eigenvalue weighted by molar-refractivity contribution is 0.0787. The quantitative estimate of drug-likeness (QED) is 0.265. The molecule has 0 spiro atoms. The molecule has 1 unspecified atom stereocenters. The third kappa shape index (κ3) is 5.22. The number of rotatable bonds is 6. The molecule has 4 rings (SSSR count). The van der Waals surface area contributed by atoms with Crippen LogP contribution in [-0.4, -0.2) is 55.5 Å². The normalized spacial score (nSPS) is 15.7. The molecule has 186 valence electrons. The molecule has 35 heavy (non-hydrogen) atoms. The van der Waals surface area contributed by atoms with Gasteiger partial charge in [0, 0.05) is 42.5 Å². The topological polar surface area (TPSA) is 111 Å². The van der Waals surface area contributed by atoms with Gasteiger partial charge < -0.3 is 29.8 Å². The highest BCUT2D eigenvalue weighted by atomic mass is 16.5. The molecule has 8 nitrogen and oxygen atoms in total. The van der Waals surface area contributed by atoms with E-state index in [1.54, 1.807) is 31.3 Å². The van der Waals surface area contributed by atoms with Crippen LogP contribution in [-0.2, 0) is 0 Å². The predicted molar refractivity (Wildman–Crippen MR) is 139 cm³/mol. The van der Waals surface area contributed by atoms with Crippen molar-refractivity contribution in [1.29, 1.82) is 5.41 Å². The molecule has 1 amide bonds. The van der Waals surface area contributed by atoms with Crippen LogP contribution in [0.15, 0.2) is 28.8 Å². The van der Waals surface area contributed by atoms with E-state index in [2.05, 4.69) is 17.2 Å². The van der Waals surface area contributed by atoms with Gasteiger partial charge in [0.2, 0.25) is 0 Å². The first kappa shape index (κ1) is 26.0. The van der Waals surface area contributed by atoms with Crippen LogP contribution < -0.4 is 10.1 Å². The van der Waals surface area contributed by atoms with Crippen molar-refractivity contribution in [1.82, 2.24) is 15.2 Å². The lowest BCUT2D eigenvalue weighted by Crippen LogP contribution is -2.28. The van der Waals surface area contributed by atoms with Crippen molar-refractivity contribution in [2.75, 3.05) is 27.2 Å². The number of fused-ring (bicyclic) bond motifs is 1. The standard InChI is InChI=1S/C25H27N3O4.C2H7N/c1-14-8-10-28(12-14)25(30)19-11-27-23(15(19)2)22(7-9-26)32-21-6-5-18-20(13-29)17(4)31-24(18)16(21)3;1-3-2/h5-7,9,11,13-14,26-27H,8,10,12H2,1-4H3;3H,1-2H3/b22-7+,26-9?;. The molecule has 3 heterocycles. The fourth-order valence-corrected chi connectivity index (χ4v) is 4.30. The summed E-state index contributed by atoms with van der Waals surface area (Å²) in [6.07, 6.45) is 6.21. The zero-order chi connectivity index (χ0) is 25.7. The number of aryl methyl sites for hydroxylation is 2. The molecule has 2 aromatic heterocycles. The number of nitrogens with one attached hydrogen (secondary N) is 3. The van der Waals surface area contributed by atoms with Crippen molar-refractivity contribution < 1.29 is 18.7 Å². The molecule has 0 radical (unpaired) electrons. The zero-order valence-corrected chi connectivity index (χ0v) is 21.2. The number of aldehydes is 1. The maximum absolute atomic E-state index is 13.0. The van der Waals surface area contributed by atoms with Gasteiger partial charge in [-0.15, -0.1) is 0 Å². The summed E-state index contributed by atoms with van der Waals surface area (Å²) in [7, 11) is 3.75. The number of carbonyl (C=O) groups excluding carboxylic acids is 2. The maximum Gasteiger partial charge on any atom is 0.255 e. The highest BCUT2D eigenvalue weighted by Crippen LogP contribution is 2.35. The number of nitrogens with zero attached hydrogens (tertiary/aromatic N) is 1. The Morgan fingerprint density at radius 1 is 1.26 bits per heavy atom. The second-order valence-electron chi connectivity index (χ2n) is 8.90. The molecule has 1 aliphatic heterocycles. The minimum atomic E-state index is 0.00797. The fraction of sp³-hybridized carbons (Fsp3) is 0.370. The van der Waals surface area contributed by atoms with Crippen molar-refractivity contribution in [3.8, 4) is 5.75 Å². The molecule has 3 aromatic rings. The Labute approximate surface area is 205 Å². The molecule has 1 aliphatic rings. The van der Waals surface area contributed by atoms with Crippen molar-refractivity contribution in [3.63, 3.8) is 0 Å². The monoisotopic (exact) mass is 478 g/mol. The Hall–Kier alpha value is -3.65. The number of ether oxygens (including phenoxy) is 1. The van der Waals surface area contributed by atoms with Crippen LogP contribution in [0.3, 0.4) is 0 Å². The Bertz CT molecular complexity index is 1270. The van der Waals surface area contributed by atoms with Crippen molar-refractivity contribution in [2.45, 2.75) is 34.1 Å². The van der Waals surface area contributed by atoms with E-state index >= 15 is 0 Å². The Morgan fingerprint density at radius 3 is 2.57 bits per heavy atom. The Kier molecular flexibility index (Phi) is 8.30. The summed E-state index contributed by atoms with van der Waals surface area (Å²) in [6, 6.07) is 3.58. The summed E-state index contributed by atoms with van der Waals surface area (Å²) >= 11 is 0. The van der Waals surface area contributed by atoms with Gasteiger partial charge >= 0.3 is 0 Å². The minimum Gasteiger partial charge on any atom is -0.460 e. The third-order valence-electron chi connectivity index (χ3n) is 6.18.